The van der Waals surface area contributed by atoms with Crippen LogP contribution in [0.5, 0.6) is 5.75 Å². The molecular weight excluding hydrogens is 187 g/mol. The first-order chi connectivity index (χ1) is 4.81. The maximum atomic E-state index is 8.63. The quantitative estimate of drug-likeness (QED) is 0.494. The highest BCUT2D eigenvalue weighted by Gasteiger charge is 1.74. The van der Waals surface area contributed by atoms with Crippen LogP contribution in [-0.4, -0.2) is 13.2 Å². The SMILES string of the molecule is Cl[SiH2]Cl.Oc1ccccc1. The summed E-state index contributed by atoms with van der Waals surface area (Å²) in [6.45, 7) is 0. The Morgan fingerprint density at radius 1 is 1.10 bits per heavy atom. The Hall–Kier alpha value is -0.183. The van der Waals surface area contributed by atoms with E-state index < -0.39 is 8.14 Å². The monoisotopic (exact) mass is 194 g/mol. The van der Waals surface area contributed by atoms with E-state index in [1.807, 2.05) is 6.07 Å². The number of para-hydroxylation sites is 1. The van der Waals surface area contributed by atoms with Gasteiger partial charge in [-0.1, -0.05) is 18.2 Å². The van der Waals surface area contributed by atoms with Gasteiger partial charge in [0.15, 0.2) is 0 Å². The van der Waals surface area contributed by atoms with E-state index >= 15 is 0 Å². The number of aromatic hydroxyl groups is 1. The summed E-state index contributed by atoms with van der Waals surface area (Å²) < 4.78 is 0. The molecule has 0 spiro atoms. The van der Waals surface area contributed by atoms with Gasteiger partial charge in [0.1, 0.15) is 5.75 Å². The third-order valence-corrected chi connectivity index (χ3v) is 0.756. The molecule has 0 amide bonds. The van der Waals surface area contributed by atoms with Crippen molar-refractivity contribution in [3.8, 4) is 5.75 Å². The molecule has 0 saturated carbocycles. The average Bonchev–Trinajstić information content (AvgIpc) is 1.91. The molecule has 10 heavy (non-hydrogen) atoms. The molecule has 1 aromatic carbocycles. The van der Waals surface area contributed by atoms with E-state index in [1.54, 1.807) is 24.3 Å². The Labute approximate surface area is 71.8 Å². The van der Waals surface area contributed by atoms with E-state index in [-0.39, 0.29) is 0 Å². The van der Waals surface area contributed by atoms with Crippen molar-refractivity contribution >= 4 is 30.3 Å². The summed E-state index contributed by atoms with van der Waals surface area (Å²) in [5.74, 6) is 0.322. The second-order valence-electron chi connectivity index (χ2n) is 1.44. The predicted molar refractivity (Wildman–Crippen MR) is 48.4 cm³/mol. The van der Waals surface area contributed by atoms with Gasteiger partial charge in [-0.3, -0.25) is 0 Å². The lowest BCUT2D eigenvalue weighted by molar-refractivity contribution is 0.475. The topological polar surface area (TPSA) is 20.2 Å². The first-order valence-electron chi connectivity index (χ1n) is 2.67. The zero-order valence-corrected chi connectivity index (χ0v) is 8.22. The molecule has 0 saturated heterocycles. The van der Waals surface area contributed by atoms with Crippen LogP contribution >= 0.6 is 22.2 Å². The van der Waals surface area contributed by atoms with Crippen LogP contribution in [0, 0.1) is 0 Å². The minimum atomic E-state index is -0.639. The van der Waals surface area contributed by atoms with Gasteiger partial charge >= 0.3 is 0 Å². The zero-order chi connectivity index (χ0) is 7.82. The van der Waals surface area contributed by atoms with Crippen molar-refractivity contribution < 1.29 is 5.11 Å². The van der Waals surface area contributed by atoms with E-state index in [4.69, 9.17) is 27.3 Å². The van der Waals surface area contributed by atoms with Gasteiger partial charge in [0, 0.05) is 0 Å². The molecule has 0 aliphatic carbocycles. The smallest absolute Gasteiger partial charge is 0.222 e. The van der Waals surface area contributed by atoms with Gasteiger partial charge in [0.25, 0.3) is 0 Å². The number of phenolic OH excluding ortho intramolecular Hbond substituents is 1. The van der Waals surface area contributed by atoms with Gasteiger partial charge in [-0.25, -0.2) is 0 Å². The van der Waals surface area contributed by atoms with Gasteiger partial charge in [0.2, 0.25) is 8.14 Å². The number of hydrogen-bond donors (Lipinski definition) is 1. The minimum absolute atomic E-state index is 0.322. The molecule has 0 aliphatic heterocycles. The molecule has 1 aromatic rings. The molecule has 0 atom stereocenters. The van der Waals surface area contributed by atoms with Crippen LogP contribution < -0.4 is 0 Å². The number of halogens is 2. The molecule has 56 valence electrons. The fraction of sp³-hybridized carbons (Fsp3) is 0. The van der Waals surface area contributed by atoms with Crippen molar-refractivity contribution in [2.24, 2.45) is 0 Å². The molecule has 0 heterocycles. The molecule has 0 aromatic heterocycles. The Morgan fingerprint density at radius 2 is 1.50 bits per heavy atom. The van der Waals surface area contributed by atoms with Gasteiger partial charge < -0.3 is 5.11 Å². The fourth-order valence-electron chi connectivity index (χ4n) is 0.428. The molecule has 0 fully saturated rings. The van der Waals surface area contributed by atoms with Crippen molar-refractivity contribution in [1.82, 2.24) is 0 Å². The summed E-state index contributed by atoms with van der Waals surface area (Å²) in [4.78, 5) is 0. The van der Waals surface area contributed by atoms with E-state index in [9.17, 15) is 0 Å². The lowest BCUT2D eigenvalue weighted by Crippen LogP contribution is -1.56. The van der Waals surface area contributed by atoms with Crippen molar-refractivity contribution in [2.45, 2.75) is 0 Å². The summed E-state index contributed by atoms with van der Waals surface area (Å²) >= 11 is 9.81. The second-order valence-corrected chi connectivity index (χ2v) is 4.06. The Balaban J connectivity index is 0.000000236. The Bertz CT molecular complexity index is 157. The van der Waals surface area contributed by atoms with Gasteiger partial charge in [-0.15, -0.1) is 0 Å². The molecular formula is C6H8Cl2OSi. The van der Waals surface area contributed by atoms with Gasteiger partial charge in [0.05, 0.1) is 0 Å². The number of rotatable bonds is 0. The summed E-state index contributed by atoms with van der Waals surface area (Å²) in [5.41, 5.74) is 0. The lowest BCUT2D eigenvalue weighted by atomic mass is 10.3. The van der Waals surface area contributed by atoms with E-state index in [0.717, 1.165) is 0 Å². The highest BCUT2D eigenvalue weighted by atomic mass is 35.7. The molecule has 4 heteroatoms. The van der Waals surface area contributed by atoms with Crippen LogP contribution in [0.15, 0.2) is 30.3 Å². The van der Waals surface area contributed by atoms with Crippen molar-refractivity contribution in [1.29, 1.82) is 0 Å². The molecule has 1 N–H and O–H groups in total. The second kappa shape index (κ2) is 6.93. The molecule has 0 radical (unpaired) electrons. The normalized spacial score (nSPS) is 7.80. The first kappa shape index (κ1) is 9.82. The molecule has 1 rings (SSSR count). The predicted octanol–water partition coefficient (Wildman–Crippen LogP) is 1.85. The average molecular weight is 195 g/mol. The summed E-state index contributed by atoms with van der Waals surface area (Å²) in [7, 11) is -0.639. The van der Waals surface area contributed by atoms with Crippen molar-refractivity contribution in [2.75, 3.05) is 0 Å². The molecule has 0 aliphatic rings. The first-order valence-corrected chi connectivity index (χ1v) is 6.94. The fourth-order valence-corrected chi connectivity index (χ4v) is 0.428. The molecule has 1 nitrogen and oxygen atoms in total. The highest BCUT2D eigenvalue weighted by molar-refractivity contribution is 7.22. The maximum absolute atomic E-state index is 8.63. The minimum Gasteiger partial charge on any atom is -0.508 e. The largest absolute Gasteiger partial charge is 0.508 e. The van der Waals surface area contributed by atoms with Crippen LogP contribution in [0.4, 0.5) is 0 Å². The third-order valence-electron chi connectivity index (χ3n) is 0.756. The van der Waals surface area contributed by atoms with Crippen molar-refractivity contribution in [3.63, 3.8) is 0 Å². The number of hydrogen-bond acceptors (Lipinski definition) is 1. The van der Waals surface area contributed by atoms with E-state index in [0.29, 0.717) is 5.75 Å². The standard InChI is InChI=1S/C6H6O.Cl2H2Si/c7-6-4-2-1-3-5-6;1-3-2/h1-5,7H;3H2. The highest BCUT2D eigenvalue weighted by Crippen LogP contribution is 2.02. The van der Waals surface area contributed by atoms with Crippen LogP contribution in [-0.2, 0) is 0 Å². The van der Waals surface area contributed by atoms with Gasteiger partial charge in [-0.2, -0.15) is 22.2 Å². The maximum Gasteiger partial charge on any atom is 0.222 e. The van der Waals surface area contributed by atoms with Crippen LogP contribution in [0.3, 0.4) is 0 Å². The number of phenols is 1. The lowest BCUT2D eigenvalue weighted by Gasteiger charge is -1.82. The van der Waals surface area contributed by atoms with Crippen LogP contribution in [0.1, 0.15) is 0 Å². The summed E-state index contributed by atoms with van der Waals surface area (Å²) in [5, 5.41) is 8.63. The van der Waals surface area contributed by atoms with E-state index in [2.05, 4.69) is 0 Å². The Morgan fingerprint density at radius 3 is 1.70 bits per heavy atom. The van der Waals surface area contributed by atoms with Crippen LogP contribution in [0.2, 0.25) is 0 Å². The summed E-state index contributed by atoms with van der Waals surface area (Å²) in [6.07, 6.45) is 0. The van der Waals surface area contributed by atoms with Crippen molar-refractivity contribution in [3.05, 3.63) is 30.3 Å². The number of benzene rings is 1. The molecule has 0 bridgehead atoms. The van der Waals surface area contributed by atoms with Gasteiger partial charge in [-0.05, 0) is 12.1 Å². The summed E-state index contributed by atoms with van der Waals surface area (Å²) in [6, 6.07) is 8.71. The van der Waals surface area contributed by atoms with E-state index in [1.165, 1.54) is 0 Å². The zero-order valence-electron chi connectivity index (χ0n) is 5.30. The third kappa shape index (κ3) is 5.94. The Kier molecular flexibility index (Phi) is 6.80. The van der Waals surface area contributed by atoms with Crippen LogP contribution in [0.25, 0.3) is 0 Å². The molecule has 0 unspecified atom stereocenters.